The molecular weight excluding hydrogens is 366 g/mol. The van der Waals surface area contributed by atoms with Crippen molar-refractivity contribution in [1.29, 1.82) is 0 Å². The highest BCUT2D eigenvalue weighted by Crippen LogP contribution is 2.30. The Morgan fingerprint density at radius 1 is 1.22 bits per heavy atom. The minimum Gasteiger partial charge on any atom is -0.493 e. The minimum atomic E-state index is -0.562. The summed E-state index contributed by atoms with van der Waals surface area (Å²) in [5.74, 6) is -0.00762. The number of benzene rings is 2. The Labute approximate surface area is 140 Å². The Morgan fingerprint density at radius 2 is 1.96 bits per heavy atom. The van der Waals surface area contributed by atoms with Gasteiger partial charge in [-0.05, 0) is 45.8 Å². The van der Waals surface area contributed by atoms with Gasteiger partial charge in [0.25, 0.3) is 0 Å². The Bertz CT molecular complexity index is 773. The summed E-state index contributed by atoms with van der Waals surface area (Å²) in [7, 11) is 1.42. The molecule has 0 saturated carbocycles. The smallest absolute Gasteiger partial charge is 0.344 e. The minimum absolute atomic E-state index is 0.228. The summed E-state index contributed by atoms with van der Waals surface area (Å²) in [5.41, 5.74) is 0.936. The number of halogens is 1. The lowest BCUT2D eigenvalue weighted by atomic mass is 10.2. The van der Waals surface area contributed by atoms with Gasteiger partial charge in [0, 0.05) is 10.5 Å². The Hall–Kier alpha value is -2.67. The van der Waals surface area contributed by atoms with Crippen LogP contribution in [-0.4, -0.2) is 18.0 Å². The predicted octanol–water partition coefficient (Wildman–Crippen LogP) is 3.92. The molecule has 0 aliphatic carbocycles. The number of ether oxygens (including phenoxy) is 2. The van der Waals surface area contributed by atoms with Gasteiger partial charge in [-0.25, -0.2) is 4.79 Å². The van der Waals surface area contributed by atoms with Crippen molar-refractivity contribution in [2.24, 2.45) is 0 Å². The second kappa shape index (κ2) is 7.55. The van der Waals surface area contributed by atoms with E-state index in [0.29, 0.717) is 21.3 Å². The van der Waals surface area contributed by atoms with E-state index >= 15 is 0 Å². The highest BCUT2D eigenvalue weighted by Gasteiger charge is 2.15. The summed E-state index contributed by atoms with van der Waals surface area (Å²) in [6.45, 7) is 0. The van der Waals surface area contributed by atoms with E-state index < -0.39 is 10.9 Å². The monoisotopic (exact) mass is 377 g/mol. The molecule has 0 unspecified atom stereocenters. The molecule has 7 heteroatoms. The summed E-state index contributed by atoms with van der Waals surface area (Å²) in [5, 5.41) is 10.3. The molecule has 0 atom stereocenters. The molecule has 0 fully saturated rings. The van der Waals surface area contributed by atoms with Gasteiger partial charge >= 0.3 is 5.97 Å². The van der Waals surface area contributed by atoms with Crippen molar-refractivity contribution >= 4 is 28.0 Å². The maximum absolute atomic E-state index is 12.2. The van der Waals surface area contributed by atoms with E-state index in [1.165, 1.54) is 19.3 Å². The first kappa shape index (κ1) is 16.7. The van der Waals surface area contributed by atoms with Crippen LogP contribution in [-0.2, 0) is 0 Å². The van der Waals surface area contributed by atoms with Gasteiger partial charge in [0.2, 0.25) is 6.20 Å². The van der Waals surface area contributed by atoms with Crippen LogP contribution in [0.25, 0.3) is 6.08 Å². The number of methoxy groups -OCH3 is 1. The summed E-state index contributed by atoms with van der Waals surface area (Å²) in [6, 6.07) is 11.5. The zero-order valence-electron chi connectivity index (χ0n) is 12.1. The number of rotatable bonds is 5. The molecule has 0 heterocycles. The second-order valence-electron chi connectivity index (χ2n) is 4.38. The van der Waals surface area contributed by atoms with Crippen LogP contribution >= 0.6 is 15.9 Å². The third-order valence-electron chi connectivity index (χ3n) is 2.87. The fourth-order valence-electron chi connectivity index (χ4n) is 1.80. The first-order valence-electron chi connectivity index (χ1n) is 6.47. The number of nitrogens with zero attached hydrogens (tertiary/aromatic N) is 1. The molecule has 0 amide bonds. The van der Waals surface area contributed by atoms with E-state index in [9.17, 15) is 14.9 Å². The van der Waals surface area contributed by atoms with Crippen LogP contribution in [0.1, 0.15) is 15.9 Å². The van der Waals surface area contributed by atoms with Crippen molar-refractivity contribution in [2.75, 3.05) is 7.11 Å². The molecule has 0 spiro atoms. The van der Waals surface area contributed by atoms with E-state index in [0.717, 1.165) is 6.20 Å². The van der Waals surface area contributed by atoms with Crippen molar-refractivity contribution in [3.63, 3.8) is 0 Å². The third-order valence-corrected chi connectivity index (χ3v) is 3.56. The van der Waals surface area contributed by atoms with Crippen molar-refractivity contribution in [1.82, 2.24) is 0 Å². The maximum atomic E-state index is 12.2. The third kappa shape index (κ3) is 4.40. The van der Waals surface area contributed by atoms with Gasteiger partial charge in [0.05, 0.1) is 17.6 Å². The molecule has 0 aliphatic heterocycles. The highest BCUT2D eigenvalue weighted by atomic mass is 79.9. The lowest BCUT2D eigenvalue weighted by Gasteiger charge is -2.10. The molecule has 0 aromatic heterocycles. The van der Waals surface area contributed by atoms with E-state index in [4.69, 9.17) is 9.47 Å². The molecule has 0 bridgehead atoms. The van der Waals surface area contributed by atoms with Crippen LogP contribution in [0.15, 0.2) is 53.1 Å². The molecule has 0 aliphatic rings. The Balaban J connectivity index is 2.24. The normalized spacial score (nSPS) is 10.5. The maximum Gasteiger partial charge on any atom is 0.344 e. The molecular formula is C16H12BrNO5. The molecule has 0 saturated heterocycles. The molecule has 2 aromatic carbocycles. The van der Waals surface area contributed by atoms with Crippen LogP contribution in [0.3, 0.4) is 0 Å². The topological polar surface area (TPSA) is 78.7 Å². The average Bonchev–Trinajstić information content (AvgIpc) is 2.54. The van der Waals surface area contributed by atoms with Gasteiger partial charge < -0.3 is 9.47 Å². The first-order chi connectivity index (χ1) is 11.0. The SMILES string of the molecule is COc1cc(/C=C/[N+](=O)[O-])ccc1OC(=O)c1ccccc1Br. The lowest BCUT2D eigenvalue weighted by Crippen LogP contribution is -2.10. The van der Waals surface area contributed by atoms with Crippen molar-refractivity contribution < 1.29 is 19.2 Å². The van der Waals surface area contributed by atoms with Gasteiger partial charge in [0.15, 0.2) is 11.5 Å². The van der Waals surface area contributed by atoms with Crippen LogP contribution in [0, 0.1) is 10.1 Å². The van der Waals surface area contributed by atoms with Gasteiger partial charge in [-0.3, -0.25) is 10.1 Å². The average molecular weight is 378 g/mol. The largest absolute Gasteiger partial charge is 0.493 e. The molecule has 0 radical (unpaired) electrons. The fraction of sp³-hybridized carbons (Fsp3) is 0.0625. The summed E-state index contributed by atoms with van der Waals surface area (Å²) >= 11 is 3.29. The van der Waals surface area contributed by atoms with Crippen molar-refractivity contribution in [3.05, 3.63) is 74.4 Å². The predicted molar refractivity (Wildman–Crippen MR) is 88.1 cm³/mol. The molecule has 2 aromatic rings. The zero-order valence-corrected chi connectivity index (χ0v) is 13.6. The van der Waals surface area contributed by atoms with Crippen LogP contribution in [0.4, 0.5) is 0 Å². The molecule has 6 nitrogen and oxygen atoms in total. The number of hydrogen-bond donors (Lipinski definition) is 0. The quantitative estimate of drug-likeness (QED) is 0.341. The first-order valence-corrected chi connectivity index (χ1v) is 7.27. The number of esters is 1. The van der Waals surface area contributed by atoms with Crippen LogP contribution in [0.2, 0.25) is 0 Å². The summed E-state index contributed by atoms with van der Waals surface area (Å²) < 4.78 is 11.1. The van der Waals surface area contributed by atoms with E-state index in [1.54, 1.807) is 36.4 Å². The molecule has 0 N–H and O–H groups in total. The number of nitro groups is 1. The number of carbonyl (C=O) groups excluding carboxylic acids is 1. The summed E-state index contributed by atoms with van der Waals surface area (Å²) in [6.07, 6.45) is 2.14. The number of carbonyl (C=O) groups is 1. The molecule has 23 heavy (non-hydrogen) atoms. The van der Waals surface area contributed by atoms with Crippen LogP contribution < -0.4 is 9.47 Å². The van der Waals surface area contributed by atoms with E-state index in [2.05, 4.69) is 15.9 Å². The lowest BCUT2D eigenvalue weighted by molar-refractivity contribution is -0.400. The van der Waals surface area contributed by atoms with Crippen LogP contribution in [0.5, 0.6) is 11.5 Å². The summed E-state index contributed by atoms with van der Waals surface area (Å²) in [4.78, 5) is 22.0. The fourth-order valence-corrected chi connectivity index (χ4v) is 2.25. The van der Waals surface area contributed by atoms with Crippen molar-refractivity contribution in [2.45, 2.75) is 0 Å². The van der Waals surface area contributed by atoms with Gasteiger partial charge in [-0.1, -0.05) is 18.2 Å². The van der Waals surface area contributed by atoms with Gasteiger partial charge in [-0.15, -0.1) is 0 Å². The van der Waals surface area contributed by atoms with Crippen molar-refractivity contribution in [3.8, 4) is 11.5 Å². The standard InChI is InChI=1S/C16H12BrNO5/c1-22-15-10-11(8-9-18(20)21)6-7-14(15)23-16(19)12-4-2-3-5-13(12)17/h2-10H,1H3/b9-8+. The Kier molecular flexibility index (Phi) is 5.48. The van der Waals surface area contributed by atoms with Gasteiger partial charge in [-0.2, -0.15) is 0 Å². The zero-order chi connectivity index (χ0) is 16.8. The number of hydrogen-bond acceptors (Lipinski definition) is 5. The Morgan fingerprint density at radius 3 is 2.61 bits per heavy atom. The second-order valence-corrected chi connectivity index (χ2v) is 5.24. The van der Waals surface area contributed by atoms with E-state index in [-0.39, 0.29) is 5.75 Å². The molecule has 2 rings (SSSR count). The van der Waals surface area contributed by atoms with Gasteiger partial charge in [0.1, 0.15) is 0 Å². The highest BCUT2D eigenvalue weighted by molar-refractivity contribution is 9.10. The molecule has 118 valence electrons. The van der Waals surface area contributed by atoms with E-state index in [1.807, 2.05) is 0 Å².